The molecule has 0 fully saturated rings. The summed E-state index contributed by atoms with van der Waals surface area (Å²) >= 11 is 0. The maximum absolute atomic E-state index is 11.9. The Kier molecular flexibility index (Phi) is 5.94. The summed E-state index contributed by atoms with van der Waals surface area (Å²) in [7, 11) is 0. The number of aliphatic hydroxyl groups is 1. The van der Waals surface area contributed by atoms with Crippen LogP contribution in [0.2, 0.25) is 0 Å². The van der Waals surface area contributed by atoms with E-state index in [1.807, 2.05) is 42.5 Å². The Morgan fingerprint density at radius 2 is 1.81 bits per heavy atom. The zero-order valence-electron chi connectivity index (χ0n) is 12.7. The molecule has 0 saturated heterocycles. The highest BCUT2D eigenvalue weighted by molar-refractivity contribution is 5.83. The van der Waals surface area contributed by atoms with E-state index in [1.165, 1.54) is 12.8 Å². The first-order valence-electron chi connectivity index (χ1n) is 7.89. The Bertz CT molecular complexity index is 589. The summed E-state index contributed by atoms with van der Waals surface area (Å²) in [5.74, 6) is 0.159. The van der Waals surface area contributed by atoms with Crippen LogP contribution in [-0.2, 0) is 4.79 Å². The van der Waals surface area contributed by atoms with Crippen LogP contribution in [0.15, 0.2) is 42.5 Å². The van der Waals surface area contributed by atoms with E-state index in [0.29, 0.717) is 6.42 Å². The van der Waals surface area contributed by atoms with Gasteiger partial charge in [-0.25, -0.2) is 0 Å². The fourth-order valence-corrected chi connectivity index (χ4v) is 2.60. The second kappa shape index (κ2) is 7.94. The molecule has 1 atom stereocenters. The SMILES string of the molecule is CCCCCCC(=O)C[C@@H](O)c1ccc2ccccc2c1. The fraction of sp³-hybridized carbons (Fsp3) is 0.421. The third-order valence-electron chi connectivity index (χ3n) is 3.89. The fourth-order valence-electron chi connectivity index (χ4n) is 2.60. The number of aliphatic hydroxyl groups excluding tert-OH is 1. The summed E-state index contributed by atoms with van der Waals surface area (Å²) < 4.78 is 0. The topological polar surface area (TPSA) is 37.3 Å². The Morgan fingerprint density at radius 1 is 1.05 bits per heavy atom. The van der Waals surface area contributed by atoms with Crippen LogP contribution in [0.5, 0.6) is 0 Å². The third kappa shape index (κ3) is 4.68. The summed E-state index contributed by atoms with van der Waals surface area (Å²) in [4.78, 5) is 11.9. The van der Waals surface area contributed by atoms with Crippen molar-refractivity contribution in [3.63, 3.8) is 0 Å². The largest absolute Gasteiger partial charge is 0.388 e. The van der Waals surface area contributed by atoms with Crippen LogP contribution in [0.25, 0.3) is 10.8 Å². The first kappa shape index (κ1) is 15.7. The number of fused-ring (bicyclic) bond motifs is 1. The van der Waals surface area contributed by atoms with Gasteiger partial charge in [0.1, 0.15) is 5.78 Å². The second-order valence-electron chi connectivity index (χ2n) is 5.68. The van der Waals surface area contributed by atoms with Crippen LogP contribution in [0.4, 0.5) is 0 Å². The predicted molar refractivity (Wildman–Crippen MR) is 87.3 cm³/mol. The van der Waals surface area contributed by atoms with Crippen molar-refractivity contribution in [3.8, 4) is 0 Å². The lowest BCUT2D eigenvalue weighted by atomic mass is 9.98. The molecular weight excluding hydrogens is 260 g/mol. The van der Waals surface area contributed by atoms with Gasteiger partial charge in [0, 0.05) is 12.8 Å². The summed E-state index contributed by atoms with van der Waals surface area (Å²) in [6.07, 6.45) is 4.53. The van der Waals surface area contributed by atoms with Gasteiger partial charge in [-0.15, -0.1) is 0 Å². The lowest BCUT2D eigenvalue weighted by Crippen LogP contribution is -2.06. The number of carbonyl (C=O) groups excluding carboxylic acids is 1. The zero-order valence-corrected chi connectivity index (χ0v) is 12.7. The predicted octanol–water partition coefficient (Wildman–Crippen LogP) is 4.80. The molecule has 112 valence electrons. The van der Waals surface area contributed by atoms with Crippen LogP contribution in [0.3, 0.4) is 0 Å². The molecule has 0 heterocycles. The summed E-state index contributed by atoms with van der Waals surface area (Å²) in [5, 5.41) is 12.5. The van der Waals surface area contributed by atoms with Crippen molar-refractivity contribution in [1.82, 2.24) is 0 Å². The lowest BCUT2D eigenvalue weighted by Gasteiger charge is -2.11. The zero-order chi connectivity index (χ0) is 15.1. The Hall–Kier alpha value is -1.67. The number of hydrogen-bond acceptors (Lipinski definition) is 2. The Balaban J connectivity index is 1.92. The molecule has 1 N–H and O–H groups in total. The summed E-state index contributed by atoms with van der Waals surface area (Å²) in [5.41, 5.74) is 0.829. The molecule has 21 heavy (non-hydrogen) atoms. The molecule has 0 radical (unpaired) electrons. The van der Waals surface area contributed by atoms with E-state index < -0.39 is 6.10 Å². The first-order valence-corrected chi connectivity index (χ1v) is 7.89. The first-order chi connectivity index (χ1) is 10.2. The summed E-state index contributed by atoms with van der Waals surface area (Å²) in [6.45, 7) is 2.16. The Labute approximate surface area is 126 Å². The van der Waals surface area contributed by atoms with Gasteiger partial charge in [-0.2, -0.15) is 0 Å². The molecule has 2 aromatic carbocycles. The van der Waals surface area contributed by atoms with Crippen molar-refractivity contribution < 1.29 is 9.90 Å². The van der Waals surface area contributed by atoms with Crippen molar-refractivity contribution in [2.75, 3.05) is 0 Å². The Morgan fingerprint density at radius 3 is 2.57 bits per heavy atom. The van der Waals surface area contributed by atoms with Crippen molar-refractivity contribution in [2.45, 2.75) is 51.6 Å². The monoisotopic (exact) mass is 284 g/mol. The third-order valence-corrected chi connectivity index (χ3v) is 3.89. The van der Waals surface area contributed by atoms with E-state index in [2.05, 4.69) is 6.92 Å². The number of Topliss-reactive ketones (excluding diaryl/α,β-unsaturated/α-hetero) is 1. The van der Waals surface area contributed by atoms with Gasteiger partial charge < -0.3 is 5.11 Å². The maximum atomic E-state index is 11.9. The van der Waals surface area contributed by atoms with Crippen LogP contribution in [0.1, 0.15) is 57.1 Å². The molecule has 0 saturated carbocycles. The van der Waals surface area contributed by atoms with Gasteiger partial charge in [0.15, 0.2) is 0 Å². The van der Waals surface area contributed by atoms with Crippen LogP contribution in [-0.4, -0.2) is 10.9 Å². The molecule has 2 rings (SSSR count). The molecule has 0 unspecified atom stereocenters. The van der Waals surface area contributed by atoms with Gasteiger partial charge in [0.05, 0.1) is 6.10 Å². The quantitative estimate of drug-likeness (QED) is 0.707. The van der Waals surface area contributed by atoms with Gasteiger partial charge in [0.25, 0.3) is 0 Å². The second-order valence-corrected chi connectivity index (χ2v) is 5.68. The van der Waals surface area contributed by atoms with Crippen LogP contribution in [0, 0.1) is 0 Å². The average Bonchev–Trinajstić information content (AvgIpc) is 2.51. The van der Waals surface area contributed by atoms with Crippen molar-refractivity contribution in [2.24, 2.45) is 0 Å². The van der Waals surface area contributed by atoms with Gasteiger partial charge in [-0.3, -0.25) is 4.79 Å². The van der Waals surface area contributed by atoms with Crippen molar-refractivity contribution in [1.29, 1.82) is 0 Å². The molecule has 2 aromatic rings. The van der Waals surface area contributed by atoms with Crippen LogP contribution < -0.4 is 0 Å². The number of benzene rings is 2. The molecule has 0 spiro atoms. The highest BCUT2D eigenvalue weighted by Gasteiger charge is 2.13. The number of ketones is 1. The minimum atomic E-state index is -0.687. The maximum Gasteiger partial charge on any atom is 0.135 e. The number of unbranched alkanes of at least 4 members (excludes halogenated alkanes) is 3. The number of hydrogen-bond donors (Lipinski definition) is 1. The minimum Gasteiger partial charge on any atom is -0.388 e. The number of carbonyl (C=O) groups is 1. The highest BCUT2D eigenvalue weighted by Crippen LogP contribution is 2.23. The minimum absolute atomic E-state index is 0.159. The molecule has 2 nitrogen and oxygen atoms in total. The van der Waals surface area contributed by atoms with Gasteiger partial charge in [-0.1, -0.05) is 62.6 Å². The molecule has 0 aliphatic rings. The molecule has 0 amide bonds. The van der Waals surface area contributed by atoms with E-state index in [-0.39, 0.29) is 12.2 Å². The molecule has 0 aliphatic heterocycles. The molecule has 0 aromatic heterocycles. The van der Waals surface area contributed by atoms with Gasteiger partial charge >= 0.3 is 0 Å². The van der Waals surface area contributed by atoms with Crippen molar-refractivity contribution in [3.05, 3.63) is 48.0 Å². The highest BCUT2D eigenvalue weighted by atomic mass is 16.3. The van der Waals surface area contributed by atoms with Crippen LogP contribution >= 0.6 is 0 Å². The van der Waals surface area contributed by atoms with Crippen molar-refractivity contribution >= 4 is 16.6 Å². The normalized spacial score (nSPS) is 12.5. The smallest absolute Gasteiger partial charge is 0.135 e. The standard InChI is InChI=1S/C19H24O2/c1-2-3-4-5-10-18(20)14-19(21)17-12-11-15-8-6-7-9-16(15)13-17/h6-9,11-13,19,21H,2-5,10,14H2,1H3/t19-/m1/s1. The number of rotatable bonds is 8. The van der Waals surface area contributed by atoms with E-state index in [9.17, 15) is 9.90 Å². The molecule has 0 aliphatic carbocycles. The van der Waals surface area contributed by atoms with Gasteiger partial charge in [0.2, 0.25) is 0 Å². The molecule has 2 heteroatoms. The molecular formula is C19H24O2. The lowest BCUT2D eigenvalue weighted by molar-refractivity contribution is -0.121. The average molecular weight is 284 g/mol. The van der Waals surface area contributed by atoms with E-state index >= 15 is 0 Å². The summed E-state index contributed by atoms with van der Waals surface area (Å²) in [6, 6.07) is 13.9. The van der Waals surface area contributed by atoms with E-state index in [1.54, 1.807) is 0 Å². The van der Waals surface area contributed by atoms with E-state index in [0.717, 1.165) is 29.2 Å². The van der Waals surface area contributed by atoms with E-state index in [4.69, 9.17) is 0 Å². The van der Waals surface area contributed by atoms with Gasteiger partial charge in [-0.05, 0) is 28.8 Å². The molecule has 0 bridgehead atoms.